The SMILES string of the molecule is COc1c(C2CC3(CCCCC3)CC2c2cc(=O)c3c(C(N)=O)nccc3[nH]2)ccc(F)c1F. The van der Waals surface area contributed by atoms with Gasteiger partial charge in [0.15, 0.2) is 17.0 Å². The van der Waals surface area contributed by atoms with E-state index in [9.17, 15) is 18.4 Å². The second-order valence-electron chi connectivity index (χ2n) is 9.70. The number of halogens is 2. The molecule has 5 rings (SSSR count). The fourth-order valence-electron chi connectivity index (χ4n) is 6.32. The molecule has 3 N–H and O–H groups in total. The largest absolute Gasteiger partial charge is 0.493 e. The standard InChI is InChI=1S/C26H27F2N3O3/c1-34-24-14(5-6-17(27)22(24)28)15-12-26(8-3-2-4-9-26)13-16(15)19-11-20(32)21-18(31-19)7-10-30-23(21)25(29)33/h5-7,10-11,15-16H,2-4,8-9,12-13H2,1H3,(H2,29,33)(H,31,32). The molecule has 0 bridgehead atoms. The van der Waals surface area contributed by atoms with Crippen LogP contribution in [-0.2, 0) is 0 Å². The third kappa shape index (κ3) is 3.65. The molecule has 3 aromatic rings. The van der Waals surface area contributed by atoms with Crippen molar-refractivity contribution in [3.63, 3.8) is 0 Å². The second kappa shape index (κ2) is 8.49. The Morgan fingerprint density at radius 3 is 2.59 bits per heavy atom. The molecule has 0 radical (unpaired) electrons. The summed E-state index contributed by atoms with van der Waals surface area (Å²) in [5, 5.41) is 0.158. The highest BCUT2D eigenvalue weighted by atomic mass is 19.2. The van der Waals surface area contributed by atoms with E-state index in [0.29, 0.717) is 16.8 Å². The molecular weight excluding hydrogens is 440 g/mol. The number of nitrogens with one attached hydrogen (secondary N) is 1. The van der Waals surface area contributed by atoms with Crippen molar-refractivity contribution in [1.82, 2.24) is 9.97 Å². The van der Waals surface area contributed by atoms with Gasteiger partial charge < -0.3 is 15.5 Å². The van der Waals surface area contributed by atoms with Gasteiger partial charge in [0.1, 0.15) is 5.69 Å². The van der Waals surface area contributed by atoms with Gasteiger partial charge >= 0.3 is 0 Å². The van der Waals surface area contributed by atoms with E-state index in [1.54, 1.807) is 12.1 Å². The van der Waals surface area contributed by atoms with E-state index < -0.39 is 17.5 Å². The Labute approximate surface area is 195 Å². The number of carbonyl (C=O) groups is 1. The third-order valence-electron chi connectivity index (χ3n) is 7.79. The average molecular weight is 468 g/mol. The predicted molar refractivity (Wildman–Crippen MR) is 124 cm³/mol. The number of carbonyl (C=O) groups excluding carboxylic acids is 1. The van der Waals surface area contributed by atoms with Gasteiger partial charge in [-0.1, -0.05) is 25.3 Å². The highest BCUT2D eigenvalue weighted by molar-refractivity contribution is 6.03. The molecule has 178 valence electrons. The number of aromatic amines is 1. The molecular formula is C26H27F2N3O3. The molecule has 0 aliphatic heterocycles. The first-order valence-electron chi connectivity index (χ1n) is 11.7. The summed E-state index contributed by atoms with van der Waals surface area (Å²) in [4.78, 5) is 32.2. The first-order valence-corrected chi connectivity index (χ1v) is 11.7. The zero-order chi connectivity index (χ0) is 24.0. The zero-order valence-electron chi connectivity index (χ0n) is 19.0. The van der Waals surface area contributed by atoms with Crippen molar-refractivity contribution in [3.05, 3.63) is 69.3 Å². The Bertz CT molecular complexity index is 1330. The number of methoxy groups -OCH3 is 1. The van der Waals surface area contributed by atoms with Crippen LogP contribution in [0.2, 0.25) is 0 Å². The van der Waals surface area contributed by atoms with Gasteiger partial charge in [0, 0.05) is 29.4 Å². The summed E-state index contributed by atoms with van der Waals surface area (Å²) in [6.07, 6.45) is 8.68. The number of benzene rings is 1. The van der Waals surface area contributed by atoms with Crippen LogP contribution in [0.5, 0.6) is 5.75 Å². The third-order valence-corrected chi connectivity index (χ3v) is 7.79. The van der Waals surface area contributed by atoms with Gasteiger partial charge in [0.25, 0.3) is 5.91 Å². The average Bonchev–Trinajstić information content (AvgIpc) is 3.19. The van der Waals surface area contributed by atoms with Crippen molar-refractivity contribution < 1.29 is 18.3 Å². The van der Waals surface area contributed by atoms with Crippen LogP contribution < -0.4 is 15.9 Å². The number of hydrogen-bond acceptors (Lipinski definition) is 4. The highest BCUT2D eigenvalue weighted by Crippen LogP contribution is 2.61. The lowest BCUT2D eigenvalue weighted by Crippen LogP contribution is -2.21. The minimum absolute atomic E-state index is 0.0701. The number of H-pyrrole nitrogens is 1. The summed E-state index contributed by atoms with van der Waals surface area (Å²) in [6, 6.07) is 5.89. The Kier molecular flexibility index (Phi) is 5.62. The summed E-state index contributed by atoms with van der Waals surface area (Å²) in [5.41, 5.74) is 6.89. The molecule has 1 aromatic carbocycles. The molecule has 2 fully saturated rings. The second-order valence-corrected chi connectivity index (χ2v) is 9.70. The summed E-state index contributed by atoms with van der Waals surface area (Å²) in [6.45, 7) is 0. The Hall–Kier alpha value is -3.29. The van der Waals surface area contributed by atoms with Crippen LogP contribution in [-0.4, -0.2) is 23.0 Å². The molecule has 2 heterocycles. The highest BCUT2D eigenvalue weighted by Gasteiger charge is 2.48. The van der Waals surface area contributed by atoms with E-state index in [4.69, 9.17) is 10.5 Å². The van der Waals surface area contributed by atoms with Gasteiger partial charge in [-0.2, -0.15) is 4.39 Å². The van der Waals surface area contributed by atoms with E-state index in [2.05, 4.69) is 9.97 Å². The van der Waals surface area contributed by atoms with Crippen molar-refractivity contribution in [3.8, 4) is 5.75 Å². The van der Waals surface area contributed by atoms with Gasteiger partial charge in [-0.3, -0.25) is 14.6 Å². The van der Waals surface area contributed by atoms with E-state index in [-0.39, 0.29) is 39.5 Å². The molecule has 8 heteroatoms. The Balaban J connectivity index is 1.67. The lowest BCUT2D eigenvalue weighted by molar-refractivity contribution is 0.0997. The number of pyridine rings is 2. The lowest BCUT2D eigenvalue weighted by atomic mass is 9.72. The zero-order valence-corrected chi connectivity index (χ0v) is 19.0. The number of nitrogens with zero attached hydrogens (tertiary/aromatic N) is 1. The Morgan fingerprint density at radius 1 is 1.15 bits per heavy atom. The molecule has 2 saturated carbocycles. The van der Waals surface area contributed by atoms with Gasteiger partial charge in [-0.05, 0) is 49.1 Å². The van der Waals surface area contributed by atoms with E-state index in [1.807, 2.05) is 0 Å². The minimum Gasteiger partial charge on any atom is -0.493 e. The summed E-state index contributed by atoms with van der Waals surface area (Å²) < 4.78 is 34.0. The molecule has 34 heavy (non-hydrogen) atoms. The number of fused-ring (bicyclic) bond motifs is 1. The van der Waals surface area contributed by atoms with Crippen LogP contribution in [0.3, 0.4) is 0 Å². The smallest absolute Gasteiger partial charge is 0.268 e. The number of rotatable bonds is 4. The normalized spacial score (nSPS) is 21.7. The number of ether oxygens (including phenoxy) is 1. The molecule has 2 atom stereocenters. The molecule has 6 nitrogen and oxygen atoms in total. The van der Waals surface area contributed by atoms with Crippen LogP contribution in [0.25, 0.3) is 10.9 Å². The van der Waals surface area contributed by atoms with Crippen molar-refractivity contribution in [2.75, 3.05) is 7.11 Å². The van der Waals surface area contributed by atoms with Crippen LogP contribution in [0, 0.1) is 17.0 Å². The summed E-state index contributed by atoms with van der Waals surface area (Å²) in [5.74, 6) is -3.07. The van der Waals surface area contributed by atoms with E-state index >= 15 is 0 Å². The molecule has 2 unspecified atom stereocenters. The maximum atomic E-state index is 14.7. The van der Waals surface area contributed by atoms with Gasteiger partial charge in [0.2, 0.25) is 5.82 Å². The van der Waals surface area contributed by atoms with Crippen molar-refractivity contribution in [2.45, 2.75) is 56.8 Å². The molecule has 2 aromatic heterocycles. The number of nitrogens with two attached hydrogens (primary N) is 1. The van der Waals surface area contributed by atoms with Gasteiger partial charge in [0.05, 0.1) is 18.0 Å². The van der Waals surface area contributed by atoms with Crippen molar-refractivity contribution >= 4 is 16.8 Å². The monoisotopic (exact) mass is 467 g/mol. The fraction of sp³-hybridized carbons (Fsp3) is 0.423. The molecule has 2 aliphatic carbocycles. The van der Waals surface area contributed by atoms with Crippen LogP contribution in [0.15, 0.2) is 35.3 Å². The van der Waals surface area contributed by atoms with Crippen molar-refractivity contribution in [2.24, 2.45) is 11.1 Å². The minimum atomic E-state index is -0.993. The van der Waals surface area contributed by atoms with Crippen LogP contribution in [0.1, 0.15) is 78.5 Å². The molecule has 1 spiro atoms. The van der Waals surface area contributed by atoms with Gasteiger partial charge in [-0.25, -0.2) is 4.39 Å². The van der Waals surface area contributed by atoms with Gasteiger partial charge in [-0.15, -0.1) is 0 Å². The first-order chi connectivity index (χ1) is 16.3. The number of aromatic nitrogens is 2. The van der Waals surface area contributed by atoms with Crippen LogP contribution >= 0.6 is 0 Å². The summed E-state index contributed by atoms with van der Waals surface area (Å²) >= 11 is 0. The van der Waals surface area contributed by atoms with Crippen LogP contribution in [0.4, 0.5) is 8.78 Å². The number of hydrogen-bond donors (Lipinski definition) is 2. The topological polar surface area (TPSA) is 98.1 Å². The van der Waals surface area contributed by atoms with E-state index in [1.165, 1.54) is 25.8 Å². The fourth-order valence-corrected chi connectivity index (χ4v) is 6.32. The quantitative estimate of drug-likeness (QED) is 0.569. The lowest BCUT2D eigenvalue weighted by Gasteiger charge is -2.33. The number of amides is 1. The Morgan fingerprint density at radius 2 is 1.88 bits per heavy atom. The molecule has 0 saturated heterocycles. The number of primary amides is 1. The maximum absolute atomic E-state index is 14.7. The summed E-state index contributed by atoms with van der Waals surface area (Å²) in [7, 11) is 1.35. The first kappa shape index (κ1) is 22.5. The molecule has 1 amide bonds. The predicted octanol–water partition coefficient (Wildman–Crippen LogP) is 4.92. The van der Waals surface area contributed by atoms with Crippen molar-refractivity contribution in [1.29, 1.82) is 0 Å². The van der Waals surface area contributed by atoms with E-state index in [0.717, 1.165) is 44.6 Å². The molecule has 2 aliphatic rings. The maximum Gasteiger partial charge on any atom is 0.268 e.